The molecule has 20 heavy (non-hydrogen) atoms. The number of ether oxygens (including phenoxy) is 2. The maximum Gasteiger partial charge on any atom is 0.129 e. The van der Waals surface area contributed by atoms with Crippen LogP contribution >= 0.6 is 0 Å². The molecule has 1 unspecified atom stereocenters. The smallest absolute Gasteiger partial charge is 0.129 e. The van der Waals surface area contributed by atoms with Gasteiger partial charge in [-0.2, -0.15) is 0 Å². The largest absolute Gasteiger partial charge is 0.490 e. The summed E-state index contributed by atoms with van der Waals surface area (Å²) in [6.07, 6.45) is 1.92. The van der Waals surface area contributed by atoms with Gasteiger partial charge >= 0.3 is 0 Å². The van der Waals surface area contributed by atoms with Crippen molar-refractivity contribution in [3.05, 3.63) is 22.3 Å². The maximum atomic E-state index is 9.53. The molecule has 1 heterocycles. The van der Waals surface area contributed by atoms with Crippen LogP contribution in [0.15, 0.2) is 0 Å². The van der Waals surface area contributed by atoms with Gasteiger partial charge in [-0.25, -0.2) is 0 Å². The summed E-state index contributed by atoms with van der Waals surface area (Å²) in [7, 11) is 0. The van der Waals surface area contributed by atoms with Gasteiger partial charge < -0.3 is 14.6 Å². The van der Waals surface area contributed by atoms with Crippen LogP contribution < -0.4 is 9.47 Å². The van der Waals surface area contributed by atoms with Crippen LogP contribution in [0.3, 0.4) is 0 Å². The Labute approximate surface area is 121 Å². The summed E-state index contributed by atoms with van der Waals surface area (Å²) in [5.41, 5.74) is 4.21. The van der Waals surface area contributed by atoms with Crippen LogP contribution in [0.2, 0.25) is 0 Å². The van der Waals surface area contributed by atoms with Gasteiger partial charge in [-0.1, -0.05) is 0 Å². The van der Waals surface area contributed by atoms with Crippen LogP contribution in [0.1, 0.15) is 49.4 Å². The van der Waals surface area contributed by atoms with Gasteiger partial charge in [0.05, 0.1) is 12.7 Å². The molecule has 2 rings (SSSR count). The second-order valence-corrected chi connectivity index (χ2v) is 6.39. The fourth-order valence-electron chi connectivity index (χ4n) is 2.81. The predicted octanol–water partition coefficient (Wildman–Crippen LogP) is 3.48. The minimum atomic E-state index is -0.461. The van der Waals surface area contributed by atoms with E-state index in [9.17, 15) is 5.11 Å². The zero-order valence-corrected chi connectivity index (χ0v) is 13.5. The summed E-state index contributed by atoms with van der Waals surface area (Å²) in [5, 5.41) is 9.53. The van der Waals surface area contributed by atoms with Gasteiger partial charge in [-0.15, -0.1) is 0 Å². The van der Waals surface area contributed by atoms with Crippen LogP contribution in [0, 0.1) is 20.8 Å². The lowest BCUT2D eigenvalue weighted by atomic mass is 9.87. The molecule has 0 saturated carbocycles. The van der Waals surface area contributed by atoms with Crippen molar-refractivity contribution in [1.82, 2.24) is 0 Å². The Morgan fingerprint density at radius 2 is 1.85 bits per heavy atom. The van der Waals surface area contributed by atoms with Crippen LogP contribution in [0.5, 0.6) is 11.5 Å². The van der Waals surface area contributed by atoms with Gasteiger partial charge in [0.15, 0.2) is 0 Å². The van der Waals surface area contributed by atoms with Crippen LogP contribution in [0.25, 0.3) is 0 Å². The van der Waals surface area contributed by atoms with E-state index in [1.165, 1.54) is 11.1 Å². The number of aliphatic hydroxyl groups is 1. The van der Waals surface area contributed by atoms with Crippen molar-refractivity contribution in [3.63, 3.8) is 0 Å². The molecule has 0 amide bonds. The summed E-state index contributed by atoms with van der Waals surface area (Å²) in [5.74, 6) is 1.94. The first kappa shape index (κ1) is 15.2. The van der Waals surface area contributed by atoms with Gasteiger partial charge in [0.1, 0.15) is 17.1 Å². The number of fused-ring (bicyclic) bond motifs is 1. The third-order valence-electron chi connectivity index (χ3n) is 4.25. The molecule has 1 aromatic carbocycles. The Morgan fingerprint density at radius 1 is 1.20 bits per heavy atom. The number of benzene rings is 1. The highest BCUT2D eigenvalue weighted by molar-refractivity contribution is 5.59. The fourth-order valence-corrected chi connectivity index (χ4v) is 2.81. The first-order valence-corrected chi connectivity index (χ1v) is 7.38. The fraction of sp³-hybridized carbons (Fsp3) is 0.647. The van der Waals surface area contributed by atoms with E-state index in [1.807, 2.05) is 20.8 Å². The molecule has 0 radical (unpaired) electrons. The molecule has 0 aliphatic carbocycles. The van der Waals surface area contributed by atoms with Gasteiger partial charge in [-0.05, 0) is 71.1 Å². The van der Waals surface area contributed by atoms with E-state index in [-0.39, 0.29) is 12.7 Å². The van der Waals surface area contributed by atoms with E-state index in [4.69, 9.17) is 9.47 Å². The molecule has 1 atom stereocenters. The highest BCUT2D eigenvalue weighted by Gasteiger charge is 2.34. The second-order valence-electron chi connectivity index (χ2n) is 6.39. The molecule has 0 saturated heterocycles. The van der Waals surface area contributed by atoms with E-state index in [0.29, 0.717) is 0 Å². The van der Waals surface area contributed by atoms with E-state index in [1.54, 1.807) is 0 Å². The number of aliphatic hydroxyl groups excluding tert-OH is 1. The average Bonchev–Trinajstić information content (AvgIpc) is 2.41. The summed E-state index contributed by atoms with van der Waals surface area (Å²) >= 11 is 0. The molecule has 112 valence electrons. The van der Waals surface area contributed by atoms with Gasteiger partial charge in [0, 0.05) is 5.56 Å². The molecule has 0 bridgehead atoms. The molecule has 3 heteroatoms. The average molecular weight is 278 g/mol. The van der Waals surface area contributed by atoms with Gasteiger partial charge in [0.25, 0.3) is 0 Å². The number of hydrogen-bond acceptors (Lipinski definition) is 3. The quantitative estimate of drug-likeness (QED) is 0.920. The normalized spacial score (nSPS) is 21.6. The Morgan fingerprint density at radius 3 is 2.40 bits per heavy atom. The standard InChI is InChI=1S/C17H26O3/c1-10(2)19-15-11(3)12(4)16-14(13(15)5)7-8-17(6,9-18)20-16/h10,18H,7-9H2,1-6H3. The molecular weight excluding hydrogens is 252 g/mol. The predicted molar refractivity (Wildman–Crippen MR) is 80.9 cm³/mol. The highest BCUT2D eigenvalue weighted by Crippen LogP contribution is 2.43. The summed E-state index contributed by atoms with van der Waals surface area (Å²) in [6.45, 7) is 12.4. The van der Waals surface area contributed by atoms with Gasteiger partial charge in [-0.3, -0.25) is 0 Å². The monoisotopic (exact) mass is 278 g/mol. The van der Waals surface area contributed by atoms with Crippen LogP contribution in [-0.2, 0) is 6.42 Å². The summed E-state index contributed by atoms with van der Waals surface area (Å²) in [4.78, 5) is 0. The summed E-state index contributed by atoms with van der Waals surface area (Å²) < 4.78 is 12.1. The Kier molecular flexibility index (Phi) is 4.01. The molecule has 0 aromatic heterocycles. The SMILES string of the molecule is Cc1c(C)c2c(c(C)c1OC(C)C)CCC(C)(CO)O2. The molecule has 1 aliphatic rings. The van der Waals surface area contributed by atoms with Crippen LogP contribution in [-0.4, -0.2) is 23.4 Å². The van der Waals surface area contributed by atoms with E-state index in [0.717, 1.165) is 35.5 Å². The number of hydrogen-bond donors (Lipinski definition) is 1. The first-order chi connectivity index (χ1) is 9.29. The molecule has 1 N–H and O–H groups in total. The van der Waals surface area contributed by atoms with Crippen molar-refractivity contribution >= 4 is 0 Å². The third kappa shape index (κ3) is 2.51. The molecule has 0 spiro atoms. The van der Waals surface area contributed by atoms with Crippen molar-refractivity contribution in [2.45, 2.75) is 66.1 Å². The summed E-state index contributed by atoms with van der Waals surface area (Å²) in [6, 6.07) is 0. The number of rotatable bonds is 3. The Bertz CT molecular complexity index is 520. The van der Waals surface area contributed by atoms with Crippen LogP contribution in [0.4, 0.5) is 0 Å². The Hall–Kier alpha value is -1.22. The molecular formula is C17H26O3. The van der Waals surface area contributed by atoms with Crippen molar-refractivity contribution in [2.24, 2.45) is 0 Å². The Balaban J connectivity index is 2.54. The lowest BCUT2D eigenvalue weighted by Crippen LogP contribution is -2.40. The lowest BCUT2D eigenvalue weighted by Gasteiger charge is -2.37. The minimum absolute atomic E-state index is 0.0498. The minimum Gasteiger partial charge on any atom is -0.490 e. The van der Waals surface area contributed by atoms with Crippen molar-refractivity contribution in [3.8, 4) is 11.5 Å². The zero-order valence-electron chi connectivity index (χ0n) is 13.5. The van der Waals surface area contributed by atoms with E-state index >= 15 is 0 Å². The lowest BCUT2D eigenvalue weighted by molar-refractivity contribution is 0.00713. The molecule has 1 aromatic rings. The van der Waals surface area contributed by atoms with Crippen molar-refractivity contribution in [1.29, 1.82) is 0 Å². The highest BCUT2D eigenvalue weighted by atomic mass is 16.5. The first-order valence-electron chi connectivity index (χ1n) is 7.38. The maximum absolute atomic E-state index is 9.53. The molecule has 0 fully saturated rings. The zero-order chi connectivity index (χ0) is 15.1. The van der Waals surface area contributed by atoms with E-state index in [2.05, 4.69) is 20.8 Å². The molecule has 3 nitrogen and oxygen atoms in total. The van der Waals surface area contributed by atoms with Gasteiger partial charge in [0.2, 0.25) is 0 Å². The van der Waals surface area contributed by atoms with Crippen molar-refractivity contribution in [2.75, 3.05) is 6.61 Å². The van der Waals surface area contributed by atoms with E-state index < -0.39 is 5.60 Å². The van der Waals surface area contributed by atoms with Crippen molar-refractivity contribution < 1.29 is 14.6 Å². The molecule has 1 aliphatic heterocycles. The third-order valence-corrected chi connectivity index (χ3v) is 4.25. The topological polar surface area (TPSA) is 38.7 Å². The second kappa shape index (κ2) is 5.28.